The molecule has 0 aliphatic carbocycles. The molecule has 0 atom stereocenters. The van der Waals surface area contributed by atoms with Crippen molar-refractivity contribution in [3.05, 3.63) is 0 Å². The first-order chi connectivity index (χ1) is 6.92. The van der Waals surface area contributed by atoms with Gasteiger partial charge in [0, 0.05) is 31.1 Å². The van der Waals surface area contributed by atoms with Crippen LogP contribution in [0.4, 0.5) is 0 Å². The second-order valence-electron chi connectivity index (χ2n) is 5.40. The zero-order valence-corrected chi connectivity index (χ0v) is 10.5. The van der Waals surface area contributed by atoms with Crippen molar-refractivity contribution in [3.8, 4) is 0 Å². The van der Waals surface area contributed by atoms with Gasteiger partial charge in [-0.2, -0.15) is 0 Å². The summed E-state index contributed by atoms with van der Waals surface area (Å²) in [6.07, 6.45) is 2.81. The van der Waals surface area contributed by atoms with Crippen LogP contribution in [-0.2, 0) is 4.79 Å². The predicted molar refractivity (Wildman–Crippen MR) is 62.8 cm³/mol. The Labute approximate surface area is 93.2 Å². The Balaban J connectivity index is 2.33. The summed E-state index contributed by atoms with van der Waals surface area (Å²) in [5.74, 6) is 0.296. The third-order valence-corrected chi connectivity index (χ3v) is 2.79. The summed E-state index contributed by atoms with van der Waals surface area (Å²) in [6, 6.07) is 0.575. The standard InChI is InChI=1S/C12H24N2O/c1-5-11(15)14-8-6-10(7-9-14)13-12(2,3)4/h10,13H,5-9H2,1-4H3. The van der Waals surface area contributed by atoms with Crippen LogP contribution in [0, 0.1) is 0 Å². The first-order valence-electron chi connectivity index (χ1n) is 5.98. The molecule has 0 saturated carbocycles. The smallest absolute Gasteiger partial charge is 0.222 e. The number of carbonyl (C=O) groups is 1. The molecule has 1 heterocycles. The molecule has 1 rings (SSSR count). The fourth-order valence-electron chi connectivity index (χ4n) is 2.11. The van der Waals surface area contributed by atoms with Gasteiger partial charge in [-0.3, -0.25) is 4.79 Å². The molecular formula is C12H24N2O. The van der Waals surface area contributed by atoms with Crippen LogP contribution in [0.1, 0.15) is 47.0 Å². The fourth-order valence-corrected chi connectivity index (χ4v) is 2.11. The predicted octanol–water partition coefficient (Wildman–Crippen LogP) is 1.78. The molecule has 1 aliphatic rings. The van der Waals surface area contributed by atoms with E-state index in [0.29, 0.717) is 18.4 Å². The van der Waals surface area contributed by atoms with Gasteiger partial charge in [-0.05, 0) is 33.6 Å². The van der Waals surface area contributed by atoms with Crippen LogP contribution >= 0.6 is 0 Å². The first kappa shape index (κ1) is 12.5. The topological polar surface area (TPSA) is 32.3 Å². The van der Waals surface area contributed by atoms with E-state index in [1.807, 2.05) is 11.8 Å². The Morgan fingerprint density at radius 1 is 1.33 bits per heavy atom. The van der Waals surface area contributed by atoms with Crippen LogP contribution in [-0.4, -0.2) is 35.5 Å². The van der Waals surface area contributed by atoms with Crippen molar-refractivity contribution in [1.29, 1.82) is 0 Å². The summed E-state index contributed by atoms with van der Waals surface area (Å²) < 4.78 is 0. The van der Waals surface area contributed by atoms with Crippen molar-refractivity contribution in [2.24, 2.45) is 0 Å². The molecule has 0 unspecified atom stereocenters. The molecule has 0 radical (unpaired) electrons. The highest BCUT2D eigenvalue weighted by molar-refractivity contribution is 5.75. The van der Waals surface area contributed by atoms with Crippen LogP contribution < -0.4 is 5.32 Å². The highest BCUT2D eigenvalue weighted by Crippen LogP contribution is 2.14. The highest BCUT2D eigenvalue weighted by Gasteiger charge is 2.24. The monoisotopic (exact) mass is 212 g/mol. The van der Waals surface area contributed by atoms with Gasteiger partial charge in [0.1, 0.15) is 0 Å². The number of piperidine rings is 1. The van der Waals surface area contributed by atoms with Crippen LogP contribution in [0.5, 0.6) is 0 Å². The Bertz CT molecular complexity index is 212. The molecule has 1 fully saturated rings. The van der Waals surface area contributed by atoms with Crippen molar-refractivity contribution in [3.63, 3.8) is 0 Å². The highest BCUT2D eigenvalue weighted by atomic mass is 16.2. The summed E-state index contributed by atoms with van der Waals surface area (Å²) in [4.78, 5) is 13.5. The molecule has 0 aromatic heterocycles. The van der Waals surface area contributed by atoms with E-state index in [0.717, 1.165) is 25.9 Å². The molecule has 0 spiro atoms. The van der Waals surface area contributed by atoms with Gasteiger partial charge in [-0.25, -0.2) is 0 Å². The van der Waals surface area contributed by atoms with Gasteiger partial charge in [-0.1, -0.05) is 6.92 Å². The summed E-state index contributed by atoms with van der Waals surface area (Å²) in [5, 5.41) is 3.60. The minimum absolute atomic E-state index is 0.182. The molecule has 3 nitrogen and oxygen atoms in total. The van der Waals surface area contributed by atoms with E-state index in [1.54, 1.807) is 0 Å². The molecule has 1 N–H and O–H groups in total. The normalized spacial score (nSPS) is 19.3. The van der Waals surface area contributed by atoms with Crippen LogP contribution in [0.2, 0.25) is 0 Å². The number of carbonyl (C=O) groups excluding carboxylic acids is 1. The lowest BCUT2D eigenvalue weighted by Crippen LogP contribution is -2.50. The second-order valence-corrected chi connectivity index (χ2v) is 5.40. The second kappa shape index (κ2) is 4.97. The molecule has 0 bridgehead atoms. The lowest BCUT2D eigenvalue weighted by atomic mass is 10.00. The van der Waals surface area contributed by atoms with Gasteiger partial charge in [0.05, 0.1) is 0 Å². The zero-order valence-electron chi connectivity index (χ0n) is 10.5. The van der Waals surface area contributed by atoms with Crippen molar-refractivity contribution < 1.29 is 4.79 Å². The lowest BCUT2D eigenvalue weighted by molar-refractivity contribution is -0.132. The van der Waals surface area contributed by atoms with Gasteiger partial charge in [0.2, 0.25) is 5.91 Å². The largest absolute Gasteiger partial charge is 0.343 e. The van der Waals surface area contributed by atoms with Crippen molar-refractivity contribution in [2.45, 2.75) is 58.5 Å². The lowest BCUT2D eigenvalue weighted by Gasteiger charge is -2.36. The zero-order chi connectivity index (χ0) is 11.5. The Morgan fingerprint density at radius 3 is 2.27 bits per heavy atom. The fraction of sp³-hybridized carbons (Fsp3) is 0.917. The summed E-state index contributed by atoms with van der Waals surface area (Å²) in [7, 11) is 0. The van der Waals surface area contributed by atoms with Gasteiger partial charge in [0.15, 0.2) is 0 Å². The van der Waals surface area contributed by atoms with Gasteiger partial charge < -0.3 is 10.2 Å². The van der Waals surface area contributed by atoms with Gasteiger partial charge in [0.25, 0.3) is 0 Å². The maximum Gasteiger partial charge on any atom is 0.222 e. The Kier molecular flexibility index (Phi) is 4.14. The number of hydrogen-bond donors (Lipinski definition) is 1. The van der Waals surface area contributed by atoms with E-state index in [1.165, 1.54) is 0 Å². The van der Waals surface area contributed by atoms with Crippen molar-refractivity contribution in [1.82, 2.24) is 10.2 Å². The maximum atomic E-state index is 11.5. The van der Waals surface area contributed by atoms with Crippen molar-refractivity contribution >= 4 is 5.91 Å². The third-order valence-electron chi connectivity index (χ3n) is 2.79. The number of likely N-dealkylation sites (tertiary alicyclic amines) is 1. The minimum atomic E-state index is 0.182. The Morgan fingerprint density at radius 2 is 1.87 bits per heavy atom. The van der Waals surface area contributed by atoms with Crippen molar-refractivity contribution in [2.75, 3.05) is 13.1 Å². The number of nitrogens with one attached hydrogen (secondary N) is 1. The van der Waals surface area contributed by atoms with Crippen LogP contribution in [0.15, 0.2) is 0 Å². The number of amides is 1. The molecule has 15 heavy (non-hydrogen) atoms. The van der Waals surface area contributed by atoms with E-state index in [2.05, 4.69) is 26.1 Å². The third kappa shape index (κ3) is 4.20. The maximum absolute atomic E-state index is 11.5. The summed E-state index contributed by atoms with van der Waals surface area (Å²) in [5.41, 5.74) is 0.182. The van der Waals surface area contributed by atoms with E-state index in [-0.39, 0.29) is 5.54 Å². The number of nitrogens with zero attached hydrogens (tertiary/aromatic N) is 1. The van der Waals surface area contributed by atoms with Gasteiger partial charge in [-0.15, -0.1) is 0 Å². The molecule has 1 amide bonds. The summed E-state index contributed by atoms with van der Waals surface area (Å²) in [6.45, 7) is 10.3. The van der Waals surface area contributed by atoms with E-state index in [4.69, 9.17) is 0 Å². The molecular weight excluding hydrogens is 188 g/mol. The Hall–Kier alpha value is -0.570. The SMILES string of the molecule is CCC(=O)N1CCC(NC(C)(C)C)CC1. The van der Waals surface area contributed by atoms with E-state index in [9.17, 15) is 4.79 Å². The first-order valence-corrected chi connectivity index (χ1v) is 5.98. The van der Waals surface area contributed by atoms with Crippen LogP contribution in [0.25, 0.3) is 0 Å². The van der Waals surface area contributed by atoms with Crippen LogP contribution in [0.3, 0.4) is 0 Å². The number of hydrogen-bond acceptors (Lipinski definition) is 2. The molecule has 0 aromatic rings. The van der Waals surface area contributed by atoms with E-state index >= 15 is 0 Å². The molecule has 1 aliphatic heterocycles. The summed E-state index contributed by atoms with van der Waals surface area (Å²) >= 11 is 0. The average molecular weight is 212 g/mol. The molecule has 1 saturated heterocycles. The molecule has 88 valence electrons. The van der Waals surface area contributed by atoms with E-state index < -0.39 is 0 Å². The number of rotatable bonds is 2. The molecule has 3 heteroatoms. The van der Waals surface area contributed by atoms with Gasteiger partial charge >= 0.3 is 0 Å². The molecule has 0 aromatic carbocycles. The average Bonchev–Trinajstić information content (AvgIpc) is 2.15. The quantitative estimate of drug-likeness (QED) is 0.756. The minimum Gasteiger partial charge on any atom is -0.343 e.